The van der Waals surface area contributed by atoms with Gasteiger partial charge < -0.3 is 4.74 Å². The standard InChI is InChI=1S/C8H13N4O2S/c1-14-7(13)5-3-2-4-6-15-8-9-11-12-10-8/h3H,2,4-6H2,1H3,(H,9,10,11,12). The summed E-state index contributed by atoms with van der Waals surface area (Å²) in [6.45, 7) is 0. The lowest BCUT2D eigenvalue weighted by molar-refractivity contribution is -0.139. The number of carbonyl (C=O) groups excluding carboxylic acids is 1. The number of tetrazole rings is 1. The number of carbonyl (C=O) groups is 1. The van der Waals surface area contributed by atoms with Crippen LogP contribution in [-0.4, -0.2) is 39.5 Å². The summed E-state index contributed by atoms with van der Waals surface area (Å²) in [5.41, 5.74) is 0. The van der Waals surface area contributed by atoms with Gasteiger partial charge in [-0.1, -0.05) is 11.8 Å². The molecule has 0 unspecified atom stereocenters. The van der Waals surface area contributed by atoms with Crippen molar-refractivity contribution in [2.24, 2.45) is 0 Å². The third-order valence-electron chi connectivity index (χ3n) is 1.66. The van der Waals surface area contributed by atoms with Crippen molar-refractivity contribution in [3.63, 3.8) is 0 Å². The number of methoxy groups -OCH3 is 1. The van der Waals surface area contributed by atoms with Crippen molar-refractivity contribution in [3.05, 3.63) is 6.42 Å². The maximum Gasteiger partial charge on any atom is 0.305 e. The molecule has 1 aromatic rings. The van der Waals surface area contributed by atoms with Gasteiger partial charge in [-0.25, -0.2) is 5.10 Å². The van der Waals surface area contributed by atoms with Crippen LogP contribution in [0, 0.1) is 6.42 Å². The molecule has 0 spiro atoms. The highest BCUT2D eigenvalue weighted by atomic mass is 32.2. The molecule has 1 heterocycles. The van der Waals surface area contributed by atoms with Crippen molar-refractivity contribution in [2.75, 3.05) is 12.9 Å². The Hall–Kier alpha value is -1.11. The molecule has 1 radical (unpaired) electrons. The Kier molecular flexibility index (Phi) is 5.76. The molecule has 0 saturated carbocycles. The van der Waals surface area contributed by atoms with E-state index in [9.17, 15) is 4.79 Å². The van der Waals surface area contributed by atoms with Gasteiger partial charge in [0.2, 0.25) is 5.16 Å². The van der Waals surface area contributed by atoms with Crippen LogP contribution >= 0.6 is 11.8 Å². The van der Waals surface area contributed by atoms with Crippen molar-refractivity contribution in [1.29, 1.82) is 0 Å². The summed E-state index contributed by atoms with van der Waals surface area (Å²) in [7, 11) is 1.39. The van der Waals surface area contributed by atoms with E-state index in [1.807, 2.05) is 6.42 Å². The molecule has 83 valence electrons. The number of esters is 1. The molecule has 15 heavy (non-hydrogen) atoms. The monoisotopic (exact) mass is 229 g/mol. The molecule has 1 aromatic heterocycles. The minimum absolute atomic E-state index is 0.193. The molecule has 0 aliphatic rings. The minimum Gasteiger partial charge on any atom is -0.469 e. The van der Waals surface area contributed by atoms with Crippen LogP contribution in [0.3, 0.4) is 0 Å². The molecule has 0 aliphatic carbocycles. The van der Waals surface area contributed by atoms with Crippen LogP contribution in [0.1, 0.15) is 19.3 Å². The van der Waals surface area contributed by atoms with Crippen molar-refractivity contribution in [3.8, 4) is 0 Å². The molecule has 6 nitrogen and oxygen atoms in total. The number of unbranched alkanes of at least 4 members (excludes halogenated alkanes) is 2. The van der Waals surface area contributed by atoms with Crippen LogP contribution in [0.4, 0.5) is 0 Å². The first-order chi connectivity index (χ1) is 7.33. The van der Waals surface area contributed by atoms with Crippen LogP contribution in [0.15, 0.2) is 5.16 Å². The smallest absolute Gasteiger partial charge is 0.305 e. The van der Waals surface area contributed by atoms with Gasteiger partial charge in [0.1, 0.15) is 0 Å². The van der Waals surface area contributed by atoms with Crippen LogP contribution in [-0.2, 0) is 9.53 Å². The maximum atomic E-state index is 10.7. The molecule has 0 bridgehead atoms. The Morgan fingerprint density at radius 1 is 1.67 bits per heavy atom. The van der Waals surface area contributed by atoms with Gasteiger partial charge in [0.25, 0.3) is 0 Å². The first-order valence-electron chi connectivity index (χ1n) is 4.58. The number of nitrogens with one attached hydrogen (secondary N) is 1. The Morgan fingerprint density at radius 2 is 2.53 bits per heavy atom. The highest BCUT2D eigenvalue weighted by Gasteiger charge is 2.00. The molecular weight excluding hydrogens is 216 g/mol. The van der Waals surface area contributed by atoms with E-state index in [-0.39, 0.29) is 5.97 Å². The molecule has 0 amide bonds. The van der Waals surface area contributed by atoms with Gasteiger partial charge in [0.05, 0.1) is 7.11 Å². The summed E-state index contributed by atoms with van der Waals surface area (Å²) >= 11 is 1.56. The van der Waals surface area contributed by atoms with E-state index >= 15 is 0 Å². The number of nitrogens with zero attached hydrogens (tertiary/aromatic N) is 3. The number of rotatable bonds is 7. The molecule has 7 heteroatoms. The molecule has 0 fully saturated rings. The summed E-state index contributed by atoms with van der Waals surface area (Å²) in [4.78, 5) is 10.7. The number of hydrogen-bond donors (Lipinski definition) is 1. The first kappa shape index (κ1) is 12.0. The van der Waals surface area contributed by atoms with Crippen molar-refractivity contribution in [1.82, 2.24) is 20.6 Å². The number of H-pyrrole nitrogens is 1. The second-order valence-electron chi connectivity index (χ2n) is 2.77. The fourth-order valence-electron chi connectivity index (χ4n) is 0.911. The number of thioether (sulfide) groups is 1. The Morgan fingerprint density at radius 3 is 3.20 bits per heavy atom. The van der Waals surface area contributed by atoms with E-state index in [1.54, 1.807) is 11.8 Å². The van der Waals surface area contributed by atoms with Gasteiger partial charge in [-0.2, -0.15) is 0 Å². The first-order valence-corrected chi connectivity index (χ1v) is 5.56. The summed E-state index contributed by atoms with van der Waals surface area (Å²) in [6, 6.07) is 0. The summed E-state index contributed by atoms with van der Waals surface area (Å²) in [5, 5.41) is 14.0. The van der Waals surface area contributed by atoms with Crippen LogP contribution in [0.2, 0.25) is 0 Å². The van der Waals surface area contributed by atoms with E-state index < -0.39 is 0 Å². The SMILES string of the molecule is COC(=O)C[CH]CCCSc1nnn[nH]1. The quantitative estimate of drug-likeness (QED) is 0.424. The zero-order valence-corrected chi connectivity index (χ0v) is 9.29. The maximum absolute atomic E-state index is 10.7. The van der Waals surface area contributed by atoms with E-state index in [4.69, 9.17) is 0 Å². The summed E-state index contributed by atoms with van der Waals surface area (Å²) in [6.07, 6.45) is 4.18. The Bertz CT molecular complexity index is 278. The molecule has 0 aliphatic heterocycles. The second-order valence-corrected chi connectivity index (χ2v) is 3.85. The van der Waals surface area contributed by atoms with Gasteiger partial charge in [-0.15, -0.1) is 5.10 Å². The van der Waals surface area contributed by atoms with E-state index in [2.05, 4.69) is 25.4 Å². The molecule has 0 atom stereocenters. The second kappa shape index (κ2) is 7.22. The lowest BCUT2D eigenvalue weighted by atomic mass is 10.2. The lowest BCUT2D eigenvalue weighted by Gasteiger charge is -1.98. The van der Waals surface area contributed by atoms with Crippen molar-refractivity contribution in [2.45, 2.75) is 24.4 Å². The molecule has 0 saturated heterocycles. The number of aromatic amines is 1. The number of ether oxygens (including phenoxy) is 1. The van der Waals surface area contributed by atoms with Gasteiger partial charge >= 0.3 is 5.97 Å². The zero-order valence-electron chi connectivity index (χ0n) is 8.47. The van der Waals surface area contributed by atoms with Crippen LogP contribution in [0.25, 0.3) is 0 Å². The van der Waals surface area contributed by atoms with E-state index in [0.29, 0.717) is 6.42 Å². The Balaban J connectivity index is 1.91. The van der Waals surface area contributed by atoms with Crippen LogP contribution < -0.4 is 0 Å². The molecular formula is C8H13N4O2S. The minimum atomic E-state index is -0.193. The highest BCUT2D eigenvalue weighted by molar-refractivity contribution is 7.99. The Labute approximate surface area is 92.2 Å². The van der Waals surface area contributed by atoms with E-state index in [0.717, 1.165) is 23.8 Å². The average Bonchev–Trinajstić information content (AvgIpc) is 2.75. The van der Waals surface area contributed by atoms with Crippen molar-refractivity contribution >= 4 is 17.7 Å². The predicted molar refractivity (Wildman–Crippen MR) is 55.1 cm³/mol. The fraction of sp³-hybridized carbons (Fsp3) is 0.625. The number of aromatic nitrogens is 4. The molecule has 0 aromatic carbocycles. The van der Waals surface area contributed by atoms with E-state index in [1.165, 1.54) is 7.11 Å². The average molecular weight is 229 g/mol. The topological polar surface area (TPSA) is 80.8 Å². The predicted octanol–water partition coefficient (Wildman–Crippen LogP) is 0.839. The van der Waals surface area contributed by atoms with Gasteiger partial charge in [0, 0.05) is 12.2 Å². The van der Waals surface area contributed by atoms with Crippen LogP contribution in [0.5, 0.6) is 0 Å². The largest absolute Gasteiger partial charge is 0.469 e. The summed E-state index contributed by atoms with van der Waals surface area (Å²) in [5.74, 6) is 0.733. The normalized spacial score (nSPS) is 10.2. The highest BCUT2D eigenvalue weighted by Crippen LogP contribution is 2.13. The number of hydrogen-bond acceptors (Lipinski definition) is 6. The molecule has 1 N–H and O–H groups in total. The molecule has 1 rings (SSSR count). The third-order valence-corrected chi connectivity index (χ3v) is 2.60. The lowest BCUT2D eigenvalue weighted by Crippen LogP contribution is -1.99. The summed E-state index contributed by atoms with van der Waals surface area (Å²) < 4.78 is 4.51. The van der Waals surface area contributed by atoms with Gasteiger partial charge in [-0.05, 0) is 29.7 Å². The van der Waals surface area contributed by atoms with Gasteiger partial charge in [-0.3, -0.25) is 4.79 Å². The zero-order chi connectivity index (χ0) is 10.9. The van der Waals surface area contributed by atoms with Crippen molar-refractivity contribution < 1.29 is 9.53 Å². The van der Waals surface area contributed by atoms with Gasteiger partial charge in [0.15, 0.2) is 0 Å². The fourth-order valence-corrected chi connectivity index (χ4v) is 1.62. The third kappa shape index (κ3) is 5.36.